The van der Waals surface area contributed by atoms with Crippen LogP contribution in [0.25, 0.3) is 0 Å². The van der Waals surface area contributed by atoms with Crippen molar-refractivity contribution in [2.24, 2.45) is 11.7 Å². The smallest absolute Gasteiger partial charge is 0.257 e. The van der Waals surface area contributed by atoms with E-state index >= 15 is 0 Å². The van der Waals surface area contributed by atoms with Crippen molar-refractivity contribution < 1.29 is 9.53 Å². The van der Waals surface area contributed by atoms with Crippen LogP contribution in [0.5, 0.6) is 5.75 Å². The highest BCUT2D eigenvalue weighted by atomic mass is 32.1. The van der Waals surface area contributed by atoms with Crippen LogP contribution in [0.3, 0.4) is 0 Å². The molecular weight excluding hydrogens is 322 g/mol. The lowest BCUT2D eigenvalue weighted by Gasteiger charge is -2.22. The lowest BCUT2D eigenvalue weighted by atomic mass is 10.1. The van der Waals surface area contributed by atoms with E-state index in [1.165, 1.54) is 0 Å². The third-order valence-corrected chi connectivity index (χ3v) is 5.24. The molecule has 24 heavy (non-hydrogen) atoms. The van der Waals surface area contributed by atoms with Crippen LogP contribution in [-0.2, 0) is 6.61 Å². The van der Waals surface area contributed by atoms with Crippen molar-refractivity contribution in [1.29, 1.82) is 0 Å². The molecule has 2 aromatic rings. The Morgan fingerprint density at radius 1 is 1.46 bits per heavy atom. The summed E-state index contributed by atoms with van der Waals surface area (Å²) in [7, 11) is 0. The molecule has 0 bridgehead atoms. The molecule has 6 heteroatoms. The second-order valence-electron chi connectivity index (χ2n) is 6.29. The average Bonchev–Trinajstić information content (AvgIpc) is 3.18. The van der Waals surface area contributed by atoms with Crippen molar-refractivity contribution in [2.45, 2.75) is 32.9 Å². The van der Waals surface area contributed by atoms with Crippen LogP contribution < -0.4 is 10.5 Å². The van der Waals surface area contributed by atoms with Crippen molar-refractivity contribution in [2.75, 3.05) is 13.1 Å². The normalized spacial score (nSPS) is 20.4. The molecule has 128 valence electrons. The Kier molecular flexibility index (Phi) is 5.16. The van der Waals surface area contributed by atoms with Gasteiger partial charge in [-0.3, -0.25) is 4.79 Å². The second kappa shape index (κ2) is 7.32. The highest BCUT2D eigenvalue weighted by Crippen LogP contribution is 2.28. The number of aryl methyl sites for hydroxylation is 1. The number of thiazole rings is 1. The third-order valence-electron chi connectivity index (χ3n) is 4.42. The van der Waals surface area contributed by atoms with E-state index in [1.54, 1.807) is 11.3 Å². The van der Waals surface area contributed by atoms with Crippen molar-refractivity contribution in [3.05, 3.63) is 45.9 Å². The number of hydrogen-bond acceptors (Lipinski definition) is 5. The number of benzene rings is 1. The number of rotatable bonds is 5. The van der Waals surface area contributed by atoms with Gasteiger partial charge in [0.15, 0.2) is 0 Å². The molecular formula is C18H23N3O2S. The van der Waals surface area contributed by atoms with Gasteiger partial charge in [-0.2, -0.15) is 0 Å². The molecule has 2 atom stereocenters. The van der Waals surface area contributed by atoms with E-state index in [2.05, 4.69) is 11.9 Å². The highest BCUT2D eigenvalue weighted by Gasteiger charge is 2.33. The zero-order chi connectivity index (χ0) is 17.1. The van der Waals surface area contributed by atoms with E-state index in [1.807, 2.05) is 41.5 Å². The minimum Gasteiger partial charge on any atom is -0.486 e. The Balaban J connectivity index is 1.74. The molecule has 1 aliphatic heterocycles. The minimum atomic E-state index is 0.0171. The third kappa shape index (κ3) is 3.60. The quantitative estimate of drug-likeness (QED) is 0.905. The van der Waals surface area contributed by atoms with Crippen molar-refractivity contribution in [3.63, 3.8) is 0 Å². The van der Waals surface area contributed by atoms with Gasteiger partial charge in [-0.15, -0.1) is 11.3 Å². The first kappa shape index (κ1) is 16.9. The topological polar surface area (TPSA) is 68.5 Å². The fourth-order valence-corrected chi connectivity index (χ4v) is 3.74. The molecule has 1 aromatic carbocycles. The summed E-state index contributed by atoms with van der Waals surface area (Å²) in [6.45, 7) is 5.75. The molecule has 0 aliphatic carbocycles. The Morgan fingerprint density at radius 3 is 2.92 bits per heavy atom. The van der Waals surface area contributed by atoms with Crippen LogP contribution in [0.2, 0.25) is 0 Å². The summed E-state index contributed by atoms with van der Waals surface area (Å²) in [6, 6.07) is 7.63. The van der Waals surface area contributed by atoms with Gasteiger partial charge in [0, 0.05) is 18.0 Å². The first-order valence-corrected chi connectivity index (χ1v) is 9.10. The van der Waals surface area contributed by atoms with Crippen LogP contribution in [0, 0.1) is 12.8 Å². The molecule has 1 fully saturated rings. The molecule has 5 nitrogen and oxygen atoms in total. The Morgan fingerprint density at radius 2 is 2.25 bits per heavy atom. The Hall–Kier alpha value is -1.92. The van der Waals surface area contributed by atoms with Crippen molar-refractivity contribution in [3.8, 4) is 5.75 Å². The van der Waals surface area contributed by atoms with Crippen LogP contribution in [0.1, 0.15) is 34.4 Å². The first-order valence-electron chi connectivity index (χ1n) is 8.22. The summed E-state index contributed by atoms with van der Waals surface area (Å²) in [5.74, 6) is 1.01. The summed E-state index contributed by atoms with van der Waals surface area (Å²) in [6.07, 6.45) is 0.962. The first-order chi connectivity index (χ1) is 11.6. The Bertz CT molecular complexity index is 716. The van der Waals surface area contributed by atoms with Gasteiger partial charge in [0.25, 0.3) is 5.91 Å². The number of nitrogens with zero attached hydrogens (tertiary/aromatic N) is 2. The summed E-state index contributed by atoms with van der Waals surface area (Å²) in [4.78, 5) is 19.3. The van der Waals surface area contributed by atoms with Gasteiger partial charge >= 0.3 is 0 Å². The van der Waals surface area contributed by atoms with E-state index in [0.717, 1.165) is 23.7 Å². The zero-order valence-corrected chi connectivity index (χ0v) is 14.9. The lowest BCUT2D eigenvalue weighted by molar-refractivity contribution is 0.0738. The zero-order valence-electron chi connectivity index (χ0n) is 14.1. The predicted molar refractivity (Wildman–Crippen MR) is 95.3 cm³/mol. The van der Waals surface area contributed by atoms with E-state index in [9.17, 15) is 4.79 Å². The predicted octanol–water partition coefficient (Wildman–Crippen LogP) is 2.84. The average molecular weight is 345 g/mol. The van der Waals surface area contributed by atoms with Gasteiger partial charge in [-0.25, -0.2) is 4.98 Å². The number of amides is 1. The van der Waals surface area contributed by atoms with Gasteiger partial charge in [-0.05, 0) is 44.9 Å². The molecule has 1 aromatic heterocycles. The molecule has 1 aliphatic rings. The molecule has 1 saturated heterocycles. The summed E-state index contributed by atoms with van der Waals surface area (Å²) in [5, 5.41) is 2.99. The molecule has 2 unspecified atom stereocenters. The highest BCUT2D eigenvalue weighted by molar-refractivity contribution is 7.09. The SMILES string of the molecule is Cc1nc(COc2ccccc2C(=O)N2CC(CN)CC2C)cs1. The number of carbonyl (C=O) groups excluding carboxylic acids is 1. The maximum Gasteiger partial charge on any atom is 0.257 e. The standard InChI is InChI=1S/C18H23N3O2S/c1-12-7-14(8-19)9-21(12)18(22)16-5-3-4-6-17(16)23-10-15-11-24-13(2)20-15/h3-6,11-12,14H,7-10,19H2,1-2H3. The molecule has 3 rings (SSSR count). The fourth-order valence-electron chi connectivity index (χ4n) is 3.15. The number of hydrogen-bond donors (Lipinski definition) is 1. The second-order valence-corrected chi connectivity index (χ2v) is 7.35. The maximum atomic E-state index is 12.9. The van der Waals surface area contributed by atoms with E-state index in [0.29, 0.717) is 30.4 Å². The number of ether oxygens (including phenoxy) is 1. The van der Waals surface area contributed by atoms with Crippen molar-refractivity contribution >= 4 is 17.2 Å². The van der Waals surface area contributed by atoms with Crippen molar-refractivity contribution in [1.82, 2.24) is 9.88 Å². The van der Waals surface area contributed by atoms with Crippen LogP contribution >= 0.6 is 11.3 Å². The summed E-state index contributed by atoms with van der Waals surface area (Å²) in [5.41, 5.74) is 7.26. The van der Waals surface area contributed by atoms with Crippen LogP contribution in [0.4, 0.5) is 0 Å². The largest absolute Gasteiger partial charge is 0.486 e. The van der Waals surface area contributed by atoms with E-state index in [-0.39, 0.29) is 11.9 Å². The Labute approximate surface area is 146 Å². The van der Waals surface area contributed by atoms with Crippen LogP contribution in [-0.4, -0.2) is 34.9 Å². The summed E-state index contributed by atoms with van der Waals surface area (Å²) < 4.78 is 5.88. The van der Waals surface area contributed by atoms with E-state index in [4.69, 9.17) is 10.5 Å². The molecule has 0 spiro atoms. The molecule has 2 heterocycles. The monoisotopic (exact) mass is 345 g/mol. The number of carbonyl (C=O) groups is 1. The minimum absolute atomic E-state index is 0.0171. The fraction of sp³-hybridized carbons (Fsp3) is 0.444. The van der Waals surface area contributed by atoms with Crippen LogP contribution in [0.15, 0.2) is 29.6 Å². The van der Waals surface area contributed by atoms with Gasteiger partial charge in [0.05, 0.1) is 16.3 Å². The van der Waals surface area contributed by atoms with Gasteiger partial charge < -0.3 is 15.4 Å². The maximum absolute atomic E-state index is 12.9. The van der Waals surface area contributed by atoms with Gasteiger partial charge in [0.1, 0.15) is 12.4 Å². The van der Waals surface area contributed by atoms with E-state index < -0.39 is 0 Å². The van der Waals surface area contributed by atoms with Gasteiger partial charge in [0.2, 0.25) is 0 Å². The molecule has 2 N–H and O–H groups in total. The molecule has 0 saturated carbocycles. The number of para-hydroxylation sites is 1. The number of aromatic nitrogens is 1. The molecule has 1 amide bonds. The number of likely N-dealkylation sites (tertiary alicyclic amines) is 1. The molecule has 0 radical (unpaired) electrons. The summed E-state index contributed by atoms with van der Waals surface area (Å²) >= 11 is 1.60. The number of nitrogens with two attached hydrogens (primary N) is 1. The lowest BCUT2D eigenvalue weighted by Crippen LogP contribution is -2.34. The van der Waals surface area contributed by atoms with Gasteiger partial charge in [-0.1, -0.05) is 12.1 Å².